The SMILES string of the molecule is CCc1nc2ccccc2n1-c1cccc(-c2cc(N)c(N)cc2-c2cccc(-c3cc(-c4ccccc4)cc(-c4ccccc4)n3)c2)c1. The molecule has 0 atom stereocenters. The summed E-state index contributed by atoms with van der Waals surface area (Å²) in [5.74, 6) is 1.02. The van der Waals surface area contributed by atoms with Gasteiger partial charge in [0.15, 0.2) is 0 Å². The van der Waals surface area contributed by atoms with Gasteiger partial charge in [-0.05, 0) is 88.0 Å². The lowest BCUT2D eigenvalue weighted by Crippen LogP contribution is -2.01. The number of benzene rings is 6. The third kappa shape index (κ3) is 5.72. The number of fused-ring (bicyclic) bond motifs is 1. The number of nitrogen functional groups attached to an aromatic ring is 2. The van der Waals surface area contributed by atoms with Crippen molar-refractivity contribution in [2.75, 3.05) is 11.5 Å². The first-order chi connectivity index (χ1) is 24.1. The van der Waals surface area contributed by atoms with Crippen molar-refractivity contribution in [3.05, 3.63) is 164 Å². The Morgan fingerprint density at radius 1 is 0.469 bits per heavy atom. The second-order valence-electron chi connectivity index (χ2n) is 12.2. The second kappa shape index (κ2) is 12.6. The Morgan fingerprint density at radius 3 is 1.71 bits per heavy atom. The predicted octanol–water partition coefficient (Wildman–Crippen LogP) is 10.5. The Hall–Kier alpha value is -6.46. The zero-order valence-corrected chi connectivity index (χ0v) is 27.2. The molecule has 2 aromatic heterocycles. The van der Waals surface area contributed by atoms with Gasteiger partial charge in [-0.15, -0.1) is 0 Å². The van der Waals surface area contributed by atoms with E-state index in [2.05, 4.69) is 127 Å². The van der Waals surface area contributed by atoms with E-state index in [1.54, 1.807) is 0 Å². The fraction of sp³-hybridized carbons (Fsp3) is 0.0455. The van der Waals surface area contributed by atoms with E-state index < -0.39 is 0 Å². The average molecular weight is 634 g/mol. The maximum Gasteiger partial charge on any atom is 0.114 e. The molecule has 4 N–H and O–H groups in total. The first kappa shape index (κ1) is 29.9. The summed E-state index contributed by atoms with van der Waals surface area (Å²) in [4.78, 5) is 10.1. The van der Waals surface area contributed by atoms with E-state index in [4.69, 9.17) is 21.4 Å². The molecule has 236 valence electrons. The highest BCUT2D eigenvalue weighted by Crippen LogP contribution is 2.39. The van der Waals surface area contributed by atoms with E-state index in [9.17, 15) is 0 Å². The number of pyridine rings is 1. The molecule has 0 aliphatic rings. The predicted molar refractivity (Wildman–Crippen MR) is 204 cm³/mol. The standard InChI is InChI=1S/C44H35N5/c1-2-44-48-40-21-9-10-22-43(40)49(44)35-20-12-18-32(24-35)37-28-39(46)38(45)27-36(37)31-17-11-19-33(23-31)42-26-34(29-13-5-3-6-14-29)25-41(47-42)30-15-7-4-8-16-30/h3-28H,2,45-46H2,1H3. The van der Waals surface area contributed by atoms with Crippen LogP contribution in [0.2, 0.25) is 0 Å². The average Bonchev–Trinajstić information content (AvgIpc) is 3.55. The van der Waals surface area contributed by atoms with E-state index in [1.807, 2.05) is 42.5 Å². The van der Waals surface area contributed by atoms with Gasteiger partial charge in [0.05, 0.1) is 33.8 Å². The minimum atomic E-state index is 0.546. The van der Waals surface area contributed by atoms with Crippen molar-refractivity contribution in [2.45, 2.75) is 13.3 Å². The summed E-state index contributed by atoms with van der Waals surface area (Å²) in [5, 5.41) is 0. The summed E-state index contributed by atoms with van der Waals surface area (Å²) in [6.07, 6.45) is 0.817. The Balaban J connectivity index is 1.26. The first-order valence-corrected chi connectivity index (χ1v) is 16.6. The highest BCUT2D eigenvalue weighted by atomic mass is 15.1. The van der Waals surface area contributed by atoms with Crippen molar-refractivity contribution in [1.82, 2.24) is 14.5 Å². The number of nitrogens with zero attached hydrogens (tertiary/aromatic N) is 3. The molecule has 0 aliphatic carbocycles. The number of aromatic nitrogens is 3. The van der Waals surface area contributed by atoms with E-state index >= 15 is 0 Å². The topological polar surface area (TPSA) is 82.8 Å². The number of hydrogen-bond acceptors (Lipinski definition) is 4. The number of hydrogen-bond donors (Lipinski definition) is 2. The highest BCUT2D eigenvalue weighted by Gasteiger charge is 2.16. The molecule has 8 aromatic rings. The summed E-state index contributed by atoms with van der Waals surface area (Å²) in [6.45, 7) is 2.14. The van der Waals surface area contributed by atoms with Crippen molar-refractivity contribution in [3.63, 3.8) is 0 Å². The fourth-order valence-corrected chi connectivity index (χ4v) is 6.60. The quantitative estimate of drug-likeness (QED) is 0.171. The summed E-state index contributed by atoms with van der Waals surface area (Å²) in [5.41, 5.74) is 27.4. The number of rotatable bonds is 7. The molecule has 49 heavy (non-hydrogen) atoms. The lowest BCUT2D eigenvalue weighted by molar-refractivity contribution is 0.908. The molecule has 5 nitrogen and oxygen atoms in total. The normalized spacial score (nSPS) is 11.2. The molecule has 6 aromatic carbocycles. The van der Waals surface area contributed by atoms with Crippen LogP contribution in [0.3, 0.4) is 0 Å². The summed E-state index contributed by atoms with van der Waals surface area (Å²) in [6, 6.07) is 54.5. The van der Waals surface area contributed by atoms with Crippen LogP contribution in [-0.4, -0.2) is 14.5 Å². The monoisotopic (exact) mass is 633 g/mol. The molecule has 0 unspecified atom stereocenters. The Kier molecular flexibility index (Phi) is 7.71. The van der Waals surface area contributed by atoms with Gasteiger partial charge in [-0.3, -0.25) is 4.57 Å². The molecular weight excluding hydrogens is 599 g/mol. The summed E-state index contributed by atoms with van der Waals surface area (Å²) >= 11 is 0. The number of anilines is 2. The Morgan fingerprint density at radius 2 is 1.02 bits per heavy atom. The van der Waals surface area contributed by atoms with Gasteiger partial charge in [0.25, 0.3) is 0 Å². The third-order valence-electron chi connectivity index (χ3n) is 9.06. The van der Waals surface area contributed by atoms with Crippen LogP contribution in [0.25, 0.3) is 72.6 Å². The second-order valence-corrected chi connectivity index (χ2v) is 12.2. The Labute approximate surface area is 286 Å². The first-order valence-electron chi connectivity index (χ1n) is 16.6. The molecule has 0 amide bonds. The van der Waals surface area contributed by atoms with Crippen LogP contribution in [0.15, 0.2) is 158 Å². The van der Waals surface area contributed by atoms with Crippen LogP contribution >= 0.6 is 0 Å². The fourth-order valence-electron chi connectivity index (χ4n) is 6.60. The molecule has 0 saturated carbocycles. The van der Waals surface area contributed by atoms with Gasteiger partial charge in [0, 0.05) is 23.2 Å². The molecule has 8 rings (SSSR count). The number of imidazole rings is 1. The molecule has 0 aliphatic heterocycles. The highest BCUT2D eigenvalue weighted by molar-refractivity contribution is 5.92. The van der Waals surface area contributed by atoms with Gasteiger partial charge >= 0.3 is 0 Å². The Bertz CT molecular complexity index is 2390. The van der Waals surface area contributed by atoms with Crippen molar-refractivity contribution in [3.8, 4) is 61.6 Å². The van der Waals surface area contributed by atoms with Gasteiger partial charge in [-0.25, -0.2) is 9.97 Å². The maximum atomic E-state index is 6.48. The van der Waals surface area contributed by atoms with Crippen molar-refractivity contribution in [1.29, 1.82) is 0 Å². The smallest absolute Gasteiger partial charge is 0.114 e. The molecule has 0 radical (unpaired) electrons. The summed E-state index contributed by atoms with van der Waals surface area (Å²) in [7, 11) is 0. The van der Waals surface area contributed by atoms with Crippen molar-refractivity contribution < 1.29 is 0 Å². The maximum absolute atomic E-state index is 6.48. The molecule has 0 bridgehead atoms. The van der Waals surface area contributed by atoms with Gasteiger partial charge in [0.1, 0.15) is 5.82 Å². The molecule has 0 spiro atoms. The van der Waals surface area contributed by atoms with Gasteiger partial charge in [-0.2, -0.15) is 0 Å². The zero-order chi connectivity index (χ0) is 33.3. The molecule has 2 heterocycles. The molecular formula is C44H35N5. The van der Waals surface area contributed by atoms with Gasteiger partial charge in [-0.1, -0.05) is 110 Å². The lowest BCUT2D eigenvalue weighted by atomic mass is 9.91. The minimum absolute atomic E-state index is 0.546. The van der Waals surface area contributed by atoms with Crippen LogP contribution in [-0.2, 0) is 6.42 Å². The molecule has 5 heteroatoms. The van der Waals surface area contributed by atoms with Crippen LogP contribution in [0, 0.1) is 0 Å². The number of aryl methyl sites for hydroxylation is 1. The zero-order valence-electron chi connectivity index (χ0n) is 27.2. The lowest BCUT2D eigenvalue weighted by Gasteiger charge is -2.16. The van der Waals surface area contributed by atoms with Crippen LogP contribution in [0.5, 0.6) is 0 Å². The van der Waals surface area contributed by atoms with Crippen LogP contribution < -0.4 is 11.5 Å². The third-order valence-corrected chi connectivity index (χ3v) is 9.06. The van der Waals surface area contributed by atoms with E-state index in [0.29, 0.717) is 11.4 Å². The number of nitrogens with two attached hydrogens (primary N) is 2. The van der Waals surface area contributed by atoms with Gasteiger partial charge < -0.3 is 11.5 Å². The van der Waals surface area contributed by atoms with Crippen LogP contribution in [0.4, 0.5) is 11.4 Å². The van der Waals surface area contributed by atoms with Gasteiger partial charge in [0.2, 0.25) is 0 Å². The minimum Gasteiger partial charge on any atom is -0.397 e. The molecule has 0 fully saturated rings. The van der Waals surface area contributed by atoms with E-state index in [0.717, 1.165) is 84.9 Å². The van der Waals surface area contributed by atoms with Crippen molar-refractivity contribution >= 4 is 22.4 Å². The van der Waals surface area contributed by atoms with E-state index in [1.165, 1.54) is 0 Å². The van der Waals surface area contributed by atoms with Crippen LogP contribution in [0.1, 0.15) is 12.7 Å². The summed E-state index contributed by atoms with van der Waals surface area (Å²) < 4.78 is 2.25. The van der Waals surface area contributed by atoms with E-state index in [-0.39, 0.29) is 0 Å². The molecule has 0 saturated heterocycles. The number of para-hydroxylation sites is 2. The largest absolute Gasteiger partial charge is 0.397 e. The van der Waals surface area contributed by atoms with Crippen molar-refractivity contribution in [2.24, 2.45) is 0 Å².